The van der Waals surface area contributed by atoms with Crippen molar-refractivity contribution >= 4 is 5.91 Å². The summed E-state index contributed by atoms with van der Waals surface area (Å²) in [5.74, 6) is 1.32. The fourth-order valence-electron chi connectivity index (χ4n) is 5.11. The topological polar surface area (TPSA) is 59.0 Å². The first-order valence-electron chi connectivity index (χ1n) is 10.4. The van der Waals surface area contributed by atoms with Gasteiger partial charge in [-0.25, -0.2) is 0 Å². The fourth-order valence-corrected chi connectivity index (χ4v) is 5.11. The minimum Gasteiger partial charge on any atom is -0.493 e. The van der Waals surface area contributed by atoms with Gasteiger partial charge in [-0.1, -0.05) is 37.1 Å². The number of benzene rings is 2. The number of rotatable bonds is 4. The largest absolute Gasteiger partial charge is 0.493 e. The molecule has 29 heavy (non-hydrogen) atoms. The van der Waals surface area contributed by atoms with Crippen molar-refractivity contribution in [3.05, 3.63) is 59.7 Å². The highest BCUT2D eigenvalue weighted by Gasteiger charge is 2.50. The third kappa shape index (κ3) is 3.60. The Labute approximate surface area is 172 Å². The summed E-state index contributed by atoms with van der Waals surface area (Å²) in [6.07, 6.45) is 4.45. The van der Waals surface area contributed by atoms with Crippen molar-refractivity contribution in [3.63, 3.8) is 0 Å². The molecule has 2 aromatic carbocycles. The molecule has 0 radical (unpaired) electrons. The van der Waals surface area contributed by atoms with Gasteiger partial charge in [0.15, 0.2) is 11.5 Å². The zero-order valence-electron chi connectivity index (χ0n) is 17.1. The molecular formula is C24H29NO4. The number of ether oxygens (including phenoxy) is 2. The van der Waals surface area contributed by atoms with Crippen molar-refractivity contribution in [2.45, 2.75) is 43.7 Å². The standard InChI is InChI=1S/C24H29NO4/c1-28-20-12-11-18(16-21(20)29-2)22-19-10-6-7-13-24(19,27)14-15-25(22)23(26)17-8-4-3-5-9-17/h3-5,8-9,11-12,16,19,22,27H,6-7,10,13-15H2,1-2H3. The van der Waals surface area contributed by atoms with Crippen molar-refractivity contribution in [3.8, 4) is 11.5 Å². The number of likely N-dealkylation sites (tertiary alicyclic amines) is 1. The third-order valence-electron chi connectivity index (χ3n) is 6.60. The van der Waals surface area contributed by atoms with Crippen LogP contribution < -0.4 is 9.47 Å². The lowest BCUT2D eigenvalue weighted by atomic mass is 9.66. The SMILES string of the molecule is COc1ccc(C2C3CCCCC3(O)CCN2C(=O)c2ccccc2)cc1OC. The number of methoxy groups -OCH3 is 2. The van der Waals surface area contributed by atoms with Gasteiger partial charge in [0.2, 0.25) is 0 Å². The quantitative estimate of drug-likeness (QED) is 0.842. The van der Waals surface area contributed by atoms with Gasteiger partial charge in [-0.2, -0.15) is 0 Å². The molecule has 5 nitrogen and oxygen atoms in total. The van der Waals surface area contributed by atoms with E-state index in [1.165, 1.54) is 0 Å². The van der Waals surface area contributed by atoms with Crippen LogP contribution in [0.25, 0.3) is 0 Å². The van der Waals surface area contributed by atoms with E-state index in [2.05, 4.69) is 0 Å². The highest BCUT2D eigenvalue weighted by atomic mass is 16.5. The van der Waals surface area contributed by atoms with Crippen molar-refractivity contribution in [2.75, 3.05) is 20.8 Å². The van der Waals surface area contributed by atoms with Crippen LogP contribution in [0.4, 0.5) is 0 Å². The summed E-state index contributed by atoms with van der Waals surface area (Å²) in [4.78, 5) is 15.4. The molecule has 0 bridgehead atoms. The van der Waals surface area contributed by atoms with E-state index in [0.717, 1.165) is 31.2 Å². The van der Waals surface area contributed by atoms with Crippen LogP contribution in [-0.4, -0.2) is 42.3 Å². The number of piperidine rings is 1. The Hall–Kier alpha value is -2.53. The van der Waals surface area contributed by atoms with Crippen LogP contribution >= 0.6 is 0 Å². The van der Waals surface area contributed by atoms with Crippen molar-refractivity contribution in [1.29, 1.82) is 0 Å². The molecule has 0 aromatic heterocycles. The molecule has 0 spiro atoms. The molecule has 1 saturated heterocycles. The maximum Gasteiger partial charge on any atom is 0.254 e. The molecule has 2 aromatic rings. The Balaban J connectivity index is 1.77. The Morgan fingerprint density at radius 1 is 1.03 bits per heavy atom. The molecular weight excluding hydrogens is 366 g/mol. The van der Waals surface area contributed by atoms with Crippen LogP contribution in [0, 0.1) is 5.92 Å². The van der Waals surface area contributed by atoms with Gasteiger partial charge in [-0.15, -0.1) is 0 Å². The average Bonchev–Trinajstić information content (AvgIpc) is 2.77. The van der Waals surface area contributed by atoms with E-state index in [9.17, 15) is 9.90 Å². The minimum atomic E-state index is -0.719. The van der Waals surface area contributed by atoms with Gasteiger partial charge in [-0.3, -0.25) is 4.79 Å². The lowest BCUT2D eigenvalue weighted by molar-refractivity contribution is -0.115. The number of carbonyl (C=O) groups is 1. The van der Waals surface area contributed by atoms with E-state index in [1.54, 1.807) is 14.2 Å². The molecule has 3 atom stereocenters. The van der Waals surface area contributed by atoms with Crippen LogP contribution in [0.5, 0.6) is 11.5 Å². The first-order valence-corrected chi connectivity index (χ1v) is 10.4. The van der Waals surface area contributed by atoms with Gasteiger partial charge < -0.3 is 19.5 Å². The van der Waals surface area contributed by atoms with Gasteiger partial charge in [0.1, 0.15) is 0 Å². The molecule has 2 aliphatic rings. The van der Waals surface area contributed by atoms with E-state index in [1.807, 2.05) is 53.4 Å². The second-order valence-corrected chi connectivity index (χ2v) is 8.13. The summed E-state index contributed by atoms with van der Waals surface area (Å²) in [6.45, 7) is 0.541. The maximum atomic E-state index is 13.4. The number of hydrogen-bond acceptors (Lipinski definition) is 4. The van der Waals surface area contributed by atoms with Gasteiger partial charge in [0.05, 0.1) is 25.9 Å². The predicted molar refractivity (Wildman–Crippen MR) is 111 cm³/mol. The first-order chi connectivity index (χ1) is 14.1. The van der Waals surface area contributed by atoms with Crippen molar-refractivity contribution in [1.82, 2.24) is 4.90 Å². The van der Waals surface area contributed by atoms with E-state index < -0.39 is 5.60 Å². The van der Waals surface area contributed by atoms with E-state index >= 15 is 0 Å². The zero-order chi connectivity index (χ0) is 20.4. The highest BCUT2D eigenvalue weighted by molar-refractivity contribution is 5.94. The van der Waals surface area contributed by atoms with Crippen LogP contribution in [-0.2, 0) is 0 Å². The van der Waals surface area contributed by atoms with Gasteiger partial charge in [0.25, 0.3) is 5.91 Å². The Morgan fingerprint density at radius 2 is 1.79 bits per heavy atom. The number of hydrogen-bond donors (Lipinski definition) is 1. The number of amides is 1. The number of nitrogens with zero attached hydrogens (tertiary/aromatic N) is 1. The molecule has 1 N–H and O–H groups in total. The summed E-state index contributed by atoms with van der Waals surface area (Å²) < 4.78 is 10.9. The van der Waals surface area contributed by atoms with Crippen molar-refractivity contribution in [2.24, 2.45) is 5.92 Å². The fraction of sp³-hybridized carbons (Fsp3) is 0.458. The molecule has 3 unspecified atom stereocenters. The summed E-state index contributed by atoms with van der Waals surface area (Å²) in [5, 5.41) is 11.4. The summed E-state index contributed by atoms with van der Waals surface area (Å²) >= 11 is 0. The number of aliphatic hydroxyl groups is 1. The van der Waals surface area contributed by atoms with Crippen LogP contribution in [0.3, 0.4) is 0 Å². The molecule has 1 saturated carbocycles. The van der Waals surface area contributed by atoms with Crippen LogP contribution in [0.2, 0.25) is 0 Å². The third-order valence-corrected chi connectivity index (χ3v) is 6.60. The number of fused-ring (bicyclic) bond motifs is 1. The molecule has 1 aliphatic heterocycles. The smallest absolute Gasteiger partial charge is 0.254 e. The Bertz CT molecular complexity index is 868. The number of carbonyl (C=O) groups excluding carboxylic acids is 1. The van der Waals surface area contributed by atoms with Gasteiger partial charge in [0, 0.05) is 18.0 Å². The molecule has 1 amide bonds. The minimum absolute atomic E-state index is 0.00997. The summed E-state index contributed by atoms with van der Waals surface area (Å²) in [7, 11) is 3.23. The second kappa shape index (κ2) is 8.07. The Morgan fingerprint density at radius 3 is 2.52 bits per heavy atom. The molecule has 1 heterocycles. The molecule has 5 heteroatoms. The van der Waals surface area contributed by atoms with Gasteiger partial charge >= 0.3 is 0 Å². The second-order valence-electron chi connectivity index (χ2n) is 8.13. The van der Waals surface area contributed by atoms with Crippen LogP contribution in [0.1, 0.15) is 54.1 Å². The maximum absolute atomic E-state index is 13.4. The van der Waals surface area contributed by atoms with Crippen LogP contribution in [0.15, 0.2) is 48.5 Å². The lowest BCUT2D eigenvalue weighted by Crippen LogP contribution is -2.56. The van der Waals surface area contributed by atoms with E-state index in [-0.39, 0.29) is 17.9 Å². The molecule has 2 fully saturated rings. The molecule has 4 rings (SSSR count). The molecule has 154 valence electrons. The highest BCUT2D eigenvalue weighted by Crippen LogP contribution is 2.50. The van der Waals surface area contributed by atoms with E-state index in [0.29, 0.717) is 30.0 Å². The van der Waals surface area contributed by atoms with E-state index in [4.69, 9.17) is 9.47 Å². The first kappa shape index (κ1) is 19.8. The van der Waals surface area contributed by atoms with Gasteiger partial charge in [-0.05, 0) is 49.1 Å². The Kier molecular flexibility index (Phi) is 5.50. The van der Waals surface area contributed by atoms with Crippen molar-refractivity contribution < 1.29 is 19.4 Å². The molecule has 1 aliphatic carbocycles. The predicted octanol–water partition coefficient (Wildman–Crippen LogP) is 4.21. The average molecular weight is 395 g/mol. The summed E-state index contributed by atoms with van der Waals surface area (Å²) in [6, 6.07) is 15.0. The lowest BCUT2D eigenvalue weighted by Gasteiger charge is -2.52. The zero-order valence-corrected chi connectivity index (χ0v) is 17.1. The summed E-state index contributed by atoms with van der Waals surface area (Å²) in [5.41, 5.74) is 0.944. The normalized spacial score (nSPS) is 26.5. The monoisotopic (exact) mass is 395 g/mol.